The first-order valence-electron chi connectivity index (χ1n) is 5.87. The molecule has 0 radical (unpaired) electrons. The zero-order valence-corrected chi connectivity index (χ0v) is 10.3. The Kier molecular flexibility index (Phi) is 3.95. The van der Waals surface area contributed by atoms with Gasteiger partial charge >= 0.3 is 0 Å². The van der Waals surface area contributed by atoms with Gasteiger partial charge in [-0.05, 0) is 49.5 Å². The maximum atomic E-state index is 13.3. The Balaban J connectivity index is 2.23. The lowest BCUT2D eigenvalue weighted by molar-refractivity contribution is 0.103. The third-order valence-corrected chi connectivity index (χ3v) is 3.32. The number of carbonyl (C=O) groups is 1. The molecular weight excluding hydrogens is 239 g/mol. The number of hydrogen-bond acceptors (Lipinski definition) is 1. The van der Waals surface area contributed by atoms with Gasteiger partial charge in [0.2, 0.25) is 0 Å². The monoisotopic (exact) mass is 252 g/mol. The number of ketones is 1. The zero-order valence-electron chi connectivity index (χ0n) is 9.51. The number of allylic oxidation sites excluding steroid dienone is 2. The first-order chi connectivity index (χ1) is 8.18. The van der Waals surface area contributed by atoms with Crippen molar-refractivity contribution in [2.24, 2.45) is 0 Å². The van der Waals surface area contributed by atoms with Crippen molar-refractivity contribution in [2.45, 2.75) is 32.1 Å². The highest BCUT2D eigenvalue weighted by molar-refractivity contribution is 6.30. The van der Waals surface area contributed by atoms with Gasteiger partial charge in [0, 0.05) is 5.56 Å². The van der Waals surface area contributed by atoms with Gasteiger partial charge in [-0.15, -0.1) is 0 Å². The van der Waals surface area contributed by atoms with E-state index in [1.54, 1.807) is 6.07 Å². The molecular formula is C14H14ClFO. The molecule has 0 aromatic heterocycles. The van der Waals surface area contributed by atoms with E-state index >= 15 is 0 Å². The first kappa shape index (κ1) is 12.3. The smallest absolute Gasteiger partial charge is 0.188 e. The van der Waals surface area contributed by atoms with Crippen molar-refractivity contribution in [3.8, 4) is 0 Å². The Morgan fingerprint density at radius 3 is 2.82 bits per heavy atom. The van der Waals surface area contributed by atoms with Crippen LogP contribution in [-0.4, -0.2) is 5.78 Å². The summed E-state index contributed by atoms with van der Waals surface area (Å²) >= 11 is 5.60. The molecule has 0 aliphatic heterocycles. The van der Waals surface area contributed by atoms with Crippen molar-refractivity contribution in [2.75, 3.05) is 0 Å². The van der Waals surface area contributed by atoms with Gasteiger partial charge in [-0.2, -0.15) is 0 Å². The second kappa shape index (κ2) is 5.46. The fraction of sp³-hybridized carbons (Fsp3) is 0.357. The highest BCUT2D eigenvalue weighted by Crippen LogP contribution is 2.23. The third-order valence-electron chi connectivity index (χ3n) is 3.01. The maximum Gasteiger partial charge on any atom is 0.188 e. The summed E-state index contributed by atoms with van der Waals surface area (Å²) < 4.78 is 13.3. The molecule has 1 aliphatic rings. The predicted molar refractivity (Wildman–Crippen MR) is 66.9 cm³/mol. The lowest BCUT2D eigenvalue weighted by Gasteiger charge is -2.05. The number of rotatable bonds is 2. The molecule has 1 aromatic rings. The molecule has 1 aliphatic carbocycles. The highest BCUT2D eigenvalue weighted by atomic mass is 35.5. The Morgan fingerprint density at radius 2 is 2.06 bits per heavy atom. The number of carbonyl (C=O) groups excluding carboxylic acids is 1. The topological polar surface area (TPSA) is 17.1 Å². The maximum absolute atomic E-state index is 13.3. The summed E-state index contributed by atoms with van der Waals surface area (Å²) in [6.45, 7) is 0. The summed E-state index contributed by atoms with van der Waals surface area (Å²) in [6, 6.07) is 4.23. The minimum absolute atomic E-state index is 0.0522. The van der Waals surface area contributed by atoms with Crippen molar-refractivity contribution in [1.29, 1.82) is 0 Å². The second-order valence-corrected chi connectivity index (χ2v) is 4.69. The lowest BCUT2D eigenvalue weighted by Crippen LogP contribution is -2.03. The van der Waals surface area contributed by atoms with Gasteiger partial charge in [-0.25, -0.2) is 4.39 Å². The van der Waals surface area contributed by atoms with Crippen LogP contribution in [0.1, 0.15) is 42.5 Å². The first-order valence-corrected chi connectivity index (χ1v) is 6.25. The molecule has 0 saturated heterocycles. The van der Waals surface area contributed by atoms with Crippen LogP contribution in [-0.2, 0) is 0 Å². The Labute approximate surface area is 105 Å². The molecule has 90 valence electrons. The van der Waals surface area contributed by atoms with Crippen LogP contribution in [0, 0.1) is 5.82 Å². The van der Waals surface area contributed by atoms with Crippen molar-refractivity contribution >= 4 is 17.4 Å². The number of Topliss-reactive ketones (excluding diaryl/α,β-unsaturated/α-hetero) is 1. The van der Waals surface area contributed by atoms with Crippen LogP contribution in [0.15, 0.2) is 29.8 Å². The molecule has 0 fully saturated rings. The molecule has 0 N–H and O–H groups in total. The van der Waals surface area contributed by atoms with Crippen LogP contribution in [0.3, 0.4) is 0 Å². The van der Waals surface area contributed by atoms with Crippen molar-refractivity contribution in [1.82, 2.24) is 0 Å². The predicted octanol–water partition coefficient (Wildman–Crippen LogP) is 4.55. The molecule has 3 heteroatoms. The van der Waals surface area contributed by atoms with Gasteiger partial charge in [0.05, 0.1) is 5.02 Å². The zero-order chi connectivity index (χ0) is 12.3. The average Bonchev–Trinajstić information content (AvgIpc) is 2.60. The molecule has 2 rings (SSSR count). The minimum atomic E-state index is -0.535. The van der Waals surface area contributed by atoms with E-state index in [2.05, 4.69) is 0 Å². The SMILES string of the molecule is O=C(C1=CCCCCC1)c1ccc(Cl)c(F)c1. The van der Waals surface area contributed by atoms with Crippen LogP contribution in [0.4, 0.5) is 4.39 Å². The molecule has 0 bridgehead atoms. The molecule has 0 atom stereocenters. The van der Waals surface area contributed by atoms with Gasteiger partial charge in [0.25, 0.3) is 0 Å². The molecule has 0 heterocycles. The molecule has 0 unspecified atom stereocenters. The third kappa shape index (κ3) is 2.95. The second-order valence-electron chi connectivity index (χ2n) is 4.29. The van der Waals surface area contributed by atoms with Crippen LogP contribution in [0.5, 0.6) is 0 Å². The molecule has 17 heavy (non-hydrogen) atoms. The van der Waals surface area contributed by atoms with Crippen LogP contribution < -0.4 is 0 Å². The summed E-state index contributed by atoms with van der Waals surface area (Å²) in [6.07, 6.45) is 7.05. The van der Waals surface area contributed by atoms with Gasteiger partial charge in [-0.3, -0.25) is 4.79 Å². The van der Waals surface area contributed by atoms with E-state index in [0.717, 1.165) is 37.7 Å². The number of halogens is 2. The van der Waals surface area contributed by atoms with E-state index in [0.29, 0.717) is 5.56 Å². The lowest BCUT2D eigenvalue weighted by atomic mass is 9.99. The molecule has 1 aromatic carbocycles. The fourth-order valence-corrected chi connectivity index (χ4v) is 2.16. The van der Waals surface area contributed by atoms with Crippen molar-refractivity contribution < 1.29 is 9.18 Å². The van der Waals surface area contributed by atoms with Crippen LogP contribution in [0.25, 0.3) is 0 Å². The standard InChI is InChI=1S/C14H14ClFO/c15-12-8-7-11(9-13(12)16)14(17)10-5-3-1-2-4-6-10/h5,7-9H,1-4,6H2. The normalized spacial score (nSPS) is 16.2. The average molecular weight is 253 g/mol. The quantitative estimate of drug-likeness (QED) is 0.706. The largest absolute Gasteiger partial charge is 0.289 e. The summed E-state index contributed by atoms with van der Waals surface area (Å²) in [5, 5.41) is 0.0522. The van der Waals surface area contributed by atoms with E-state index in [9.17, 15) is 9.18 Å². The van der Waals surface area contributed by atoms with E-state index in [4.69, 9.17) is 11.6 Å². The van der Waals surface area contributed by atoms with E-state index in [1.807, 2.05) is 6.08 Å². The highest BCUT2D eigenvalue weighted by Gasteiger charge is 2.15. The summed E-state index contributed by atoms with van der Waals surface area (Å²) in [7, 11) is 0. The Bertz CT molecular complexity index is 465. The van der Waals surface area contributed by atoms with Gasteiger partial charge < -0.3 is 0 Å². The van der Waals surface area contributed by atoms with Crippen LogP contribution in [0.2, 0.25) is 5.02 Å². The molecule has 0 amide bonds. The summed E-state index contributed by atoms with van der Waals surface area (Å²) in [5.74, 6) is -0.603. The fourth-order valence-electron chi connectivity index (χ4n) is 2.04. The molecule has 1 nitrogen and oxygen atoms in total. The summed E-state index contributed by atoms with van der Waals surface area (Å²) in [5.41, 5.74) is 1.20. The minimum Gasteiger partial charge on any atom is -0.289 e. The number of benzene rings is 1. The van der Waals surface area contributed by atoms with E-state index in [-0.39, 0.29) is 10.8 Å². The van der Waals surface area contributed by atoms with Gasteiger partial charge in [0.15, 0.2) is 5.78 Å². The van der Waals surface area contributed by atoms with Crippen molar-refractivity contribution in [3.63, 3.8) is 0 Å². The van der Waals surface area contributed by atoms with Gasteiger partial charge in [-0.1, -0.05) is 24.1 Å². The molecule has 0 spiro atoms. The van der Waals surface area contributed by atoms with E-state index in [1.165, 1.54) is 12.1 Å². The molecule has 0 saturated carbocycles. The Morgan fingerprint density at radius 1 is 1.24 bits per heavy atom. The van der Waals surface area contributed by atoms with Crippen molar-refractivity contribution in [3.05, 3.63) is 46.3 Å². The Hall–Kier alpha value is -1.15. The van der Waals surface area contributed by atoms with Gasteiger partial charge in [0.1, 0.15) is 5.82 Å². The van der Waals surface area contributed by atoms with Crippen LogP contribution >= 0.6 is 11.6 Å². The summed E-state index contributed by atoms with van der Waals surface area (Å²) in [4.78, 5) is 12.1. The number of hydrogen-bond donors (Lipinski definition) is 0. The van der Waals surface area contributed by atoms with E-state index < -0.39 is 5.82 Å².